The van der Waals surface area contributed by atoms with Gasteiger partial charge in [0.2, 0.25) is 5.95 Å². The van der Waals surface area contributed by atoms with Crippen LogP contribution in [-0.4, -0.2) is 61.0 Å². The number of ether oxygens (including phenoxy) is 1. The number of benzene rings is 2. The van der Waals surface area contributed by atoms with E-state index in [0.717, 1.165) is 0 Å². The molecule has 1 aliphatic rings. The van der Waals surface area contributed by atoms with Gasteiger partial charge in [-0.3, -0.25) is 4.79 Å². The Morgan fingerprint density at radius 2 is 2.00 bits per heavy atom. The average molecular weight is 511 g/mol. The molecule has 0 fully saturated rings. The van der Waals surface area contributed by atoms with Gasteiger partial charge in [-0.1, -0.05) is 18.2 Å². The molecule has 8 nitrogen and oxygen atoms in total. The molecular formula is C27H32F2N6O2. The van der Waals surface area contributed by atoms with Crippen LogP contribution in [0.25, 0.3) is 0 Å². The van der Waals surface area contributed by atoms with E-state index in [2.05, 4.69) is 20.6 Å². The first kappa shape index (κ1) is 26.3. The summed E-state index contributed by atoms with van der Waals surface area (Å²) < 4.78 is 35.0. The molecule has 0 saturated heterocycles. The Morgan fingerprint density at radius 3 is 2.73 bits per heavy atom. The monoisotopic (exact) mass is 510 g/mol. The number of likely N-dealkylation sites (N-methyl/N-ethyl adjacent to an activating group) is 1. The lowest BCUT2D eigenvalue weighted by Gasteiger charge is -2.22. The van der Waals surface area contributed by atoms with Crippen molar-refractivity contribution in [3.63, 3.8) is 0 Å². The van der Waals surface area contributed by atoms with Crippen LogP contribution in [0.5, 0.6) is 5.75 Å². The highest BCUT2D eigenvalue weighted by atomic mass is 19.1. The zero-order valence-corrected chi connectivity index (χ0v) is 21.3. The quantitative estimate of drug-likeness (QED) is 0.427. The zero-order chi connectivity index (χ0) is 26.4. The van der Waals surface area contributed by atoms with Crippen LogP contribution < -0.4 is 20.3 Å². The largest absolute Gasteiger partial charge is 0.486 e. The van der Waals surface area contributed by atoms with E-state index in [1.165, 1.54) is 24.4 Å². The highest BCUT2D eigenvalue weighted by molar-refractivity contribution is 5.99. The predicted molar refractivity (Wildman–Crippen MR) is 139 cm³/mol. The SMILES string of the molecule is CCNc1ncc2c(n1)N(C)CCN(Cc1ccc(OC(CCNC)c3cccc(F)c3)cc1F)C2=O. The molecule has 1 atom stereocenters. The first-order chi connectivity index (χ1) is 17.9. The maximum atomic E-state index is 15.2. The van der Waals surface area contributed by atoms with Gasteiger partial charge >= 0.3 is 0 Å². The Labute approximate surface area is 215 Å². The van der Waals surface area contributed by atoms with E-state index in [0.29, 0.717) is 66.8 Å². The summed E-state index contributed by atoms with van der Waals surface area (Å²) in [5.74, 6) is 0.265. The Balaban J connectivity index is 1.51. The second kappa shape index (κ2) is 12.0. The number of aromatic nitrogens is 2. The third-order valence-corrected chi connectivity index (χ3v) is 6.23. The van der Waals surface area contributed by atoms with E-state index in [9.17, 15) is 9.18 Å². The van der Waals surface area contributed by atoms with Gasteiger partial charge in [-0.05, 0) is 44.3 Å². The Kier molecular flexibility index (Phi) is 8.50. The van der Waals surface area contributed by atoms with Gasteiger partial charge in [-0.2, -0.15) is 4.98 Å². The molecule has 10 heteroatoms. The fraction of sp³-hybridized carbons (Fsp3) is 0.370. The molecule has 4 rings (SSSR count). The van der Waals surface area contributed by atoms with Crippen molar-refractivity contribution in [1.82, 2.24) is 20.2 Å². The molecule has 0 saturated carbocycles. The van der Waals surface area contributed by atoms with E-state index in [1.54, 1.807) is 29.2 Å². The van der Waals surface area contributed by atoms with Gasteiger partial charge < -0.3 is 25.2 Å². The van der Waals surface area contributed by atoms with Crippen molar-refractivity contribution < 1.29 is 18.3 Å². The van der Waals surface area contributed by atoms with Gasteiger partial charge in [-0.15, -0.1) is 0 Å². The first-order valence-electron chi connectivity index (χ1n) is 12.4. The van der Waals surface area contributed by atoms with Gasteiger partial charge in [0, 0.05) is 57.5 Å². The maximum Gasteiger partial charge on any atom is 0.259 e. The normalized spacial score (nSPS) is 14.2. The van der Waals surface area contributed by atoms with Crippen LogP contribution in [0.1, 0.15) is 40.9 Å². The average Bonchev–Trinajstić information content (AvgIpc) is 3.00. The van der Waals surface area contributed by atoms with Crippen LogP contribution in [0.3, 0.4) is 0 Å². The molecule has 0 spiro atoms. The topological polar surface area (TPSA) is 82.6 Å². The van der Waals surface area contributed by atoms with Crippen molar-refractivity contribution >= 4 is 17.7 Å². The molecule has 2 aromatic carbocycles. The van der Waals surface area contributed by atoms with Crippen LogP contribution in [0.4, 0.5) is 20.5 Å². The van der Waals surface area contributed by atoms with E-state index in [1.807, 2.05) is 25.9 Å². The summed E-state index contributed by atoms with van der Waals surface area (Å²) in [6, 6.07) is 10.8. The molecule has 2 N–H and O–H groups in total. The van der Waals surface area contributed by atoms with Crippen molar-refractivity contribution in [2.24, 2.45) is 0 Å². The molecule has 0 bridgehead atoms. The first-order valence-corrected chi connectivity index (χ1v) is 12.4. The van der Waals surface area contributed by atoms with Gasteiger partial charge in [0.05, 0.1) is 0 Å². The lowest BCUT2D eigenvalue weighted by Crippen LogP contribution is -2.33. The highest BCUT2D eigenvalue weighted by Gasteiger charge is 2.28. The summed E-state index contributed by atoms with van der Waals surface area (Å²) >= 11 is 0. The smallest absolute Gasteiger partial charge is 0.259 e. The van der Waals surface area contributed by atoms with Crippen LogP contribution in [0.2, 0.25) is 0 Å². The summed E-state index contributed by atoms with van der Waals surface area (Å²) in [5.41, 5.74) is 1.43. The third kappa shape index (κ3) is 6.32. The summed E-state index contributed by atoms with van der Waals surface area (Å²) in [7, 11) is 3.69. The third-order valence-electron chi connectivity index (χ3n) is 6.23. The van der Waals surface area contributed by atoms with E-state index in [4.69, 9.17) is 4.74 Å². The van der Waals surface area contributed by atoms with Crippen LogP contribution >= 0.6 is 0 Å². The molecule has 2 heterocycles. The summed E-state index contributed by atoms with van der Waals surface area (Å²) in [6.07, 6.45) is 1.65. The summed E-state index contributed by atoms with van der Waals surface area (Å²) in [4.78, 5) is 25.5. The standard InChI is InChI=1S/C27H32F2N6O2/c1-4-31-27-32-16-22-25(33-27)34(3)12-13-35(26(22)36)17-19-8-9-21(15-23(19)29)37-24(10-11-30-2)18-6-5-7-20(28)14-18/h5-9,14-16,24,30H,4,10-13,17H2,1-3H3,(H,31,32,33). The number of hydrogen-bond donors (Lipinski definition) is 2. The van der Waals surface area contributed by atoms with Crippen molar-refractivity contribution in [1.29, 1.82) is 0 Å². The molecule has 37 heavy (non-hydrogen) atoms. The number of carbonyl (C=O) groups excluding carboxylic acids is 1. The minimum atomic E-state index is -0.478. The fourth-order valence-electron chi connectivity index (χ4n) is 4.23. The molecule has 0 aliphatic carbocycles. The van der Waals surface area contributed by atoms with Gasteiger partial charge in [0.15, 0.2) is 0 Å². The molecule has 1 aromatic heterocycles. The van der Waals surface area contributed by atoms with E-state index < -0.39 is 11.9 Å². The number of hydrogen-bond acceptors (Lipinski definition) is 7. The van der Waals surface area contributed by atoms with E-state index in [-0.39, 0.29) is 18.3 Å². The minimum absolute atomic E-state index is 0.0975. The summed E-state index contributed by atoms with van der Waals surface area (Å²) in [6.45, 7) is 4.31. The summed E-state index contributed by atoms with van der Waals surface area (Å²) in [5, 5.41) is 6.12. The molecule has 1 aliphatic heterocycles. The highest BCUT2D eigenvalue weighted by Crippen LogP contribution is 2.28. The van der Waals surface area contributed by atoms with Gasteiger partial charge in [0.25, 0.3) is 5.91 Å². The number of carbonyl (C=O) groups is 1. The molecule has 3 aromatic rings. The molecule has 1 amide bonds. The van der Waals surface area contributed by atoms with E-state index >= 15 is 4.39 Å². The second-order valence-corrected chi connectivity index (χ2v) is 8.92. The van der Waals surface area contributed by atoms with Gasteiger partial charge in [-0.25, -0.2) is 13.8 Å². The lowest BCUT2D eigenvalue weighted by atomic mass is 10.1. The number of nitrogens with one attached hydrogen (secondary N) is 2. The Bertz CT molecular complexity index is 1240. The van der Waals surface area contributed by atoms with Crippen molar-refractivity contribution in [3.8, 4) is 5.75 Å². The zero-order valence-electron chi connectivity index (χ0n) is 21.3. The van der Waals surface area contributed by atoms with Crippen LogP contribution in [0, 0.1) is 11.6 Å². The maximum absolute atomic E-state index is 15.2. The molecule has 196 valence electrons. The Hall–Kier alpha value is -3.79. The molecular weight excluding hydrogens is 478 g/mol. The predicted octanol–water partition coefficient (Wildman–Crippen LogP) is 4.01. The van der Waals surface area contributed by atoms with Crippen molar-refractivity contribution in [2.45, 2.75) is 26.0 Å². The van der Waals surface area contributed by atoms with Crippen LogP contribution in [-0.2, 0) is 6.54 Å². The Morgan fingerprint density at radius 1 is 1.16 bits per heavy atom. The van der Waals surface area contributed by atoms with Crippen molar-refractivity contribution in [2.75, 3.05) is 50.5 Å². The number of anilines is 2. The molecule has 0 radical (unpaired) electrons. The minimum Gasteiger partial charge on any atom is -0.486 e. The number of halogens is 2. The number of fused-ring (bicyclic) bond motifs is 1. The number of amides is 1. The number of nitrogens with zero attached hydrogens (tertiary/aromatic N) is 4. The second-order valence-electron chi connectivity index (χ2n) is 8.92. The van der Waals surface area contributed by atoms with Gasteiger partial charge in [0.1, 0.15) is 34.9 Å². The molecule has 1 unspecified atom stereocenters. The van der Waals surface area contributed by atoms with Crippen molar-refractivity contribution in [3.05, 3.63) is 77.0 Å². The van der Waals surface area contributed by atoms with Crippen LogP contribution in [0.15, 0.2) is 48.7 Å². The fourth-order valence-corrected chi connectivity index (χ4v) is 4.23. The lowest BCUT2D eigenvalue weighted by molar-refractivity contribution is 0.0753. The number of rotatable bonds is 10.